The molecule has 1 atom stereocenters. The molecule has 3 N–H and O–H groups in total. The van der Waals surface area contributed by atoms with E-state index in [0.717, 1.165) is 12.8 Å². The molecule has 2 rings (SSSR count). The van der Waals surface area contributed by atoms with Crippen molar-refractivity contribution >= 4 is 17.3 Å². The lowest BCUT2D eigenvalue weighted by atomic mass is 9.96. The fourth-order valence-corrected chi connectivity index (χ4v) is 2.03. The summed E-state index contributed by atoms with van der Waals surface area (Å²) in [6.45, 7) is 3.44. The first-order chi connectivity index (χ1) is 8.82. The number of nitrogens with two attached hydrogens (primary N) is 1. The zero-order chi connectivity index (χ0) is 14.2. The number of rotatable bonds is 4. The number of anilines is 1. The lowest BCUT2D eigenvalue weighted by molar-refractivity contribution is -0.384. The van der Waals surface area contributed by atoms with E-state index in [4.69, 9.17) is 5.73 Å². The molecule has 0 aliphatic heterocycles. The Balaban J connectivity index is 2.15. The highest BCUT2D eigenvalue weighted by atomic mass is 16.6. The first-order valence-electron chi connectivity index (χ1n) is 6.17. The normalized spacial score (nSPS) is 17.6. The molecule has 0 saturated heterocycles. The Morgan fingerprint density at radius 2 is 2.16 bits per heavy atom. The Labute approximate surface area is 111 Å². The molecule has 1 aromatic carbocycles. The van der Waals surface area contributed by atoms with Gasteiger partial charge in [0.15, 0.2) is 0 Å². The molecule has 1 saturated carbocycles. The number of carbonyl (C=O) groups is 1. The van der Waals surface area contributed by atoms with Crippen molar-refractivity contribution in [2.75, 3.05) is 5.32 Å². The second-order valence-electron chi connectivity index (χ2n) is 5.27. The number of aryl methyl sites for hydroxylation is 1. The van der Waals surface area contributed by atoms with Crippen LogP contribution in [0.15, 0.2) is 18.2 Å². The summed E-state index contributed by atoms with van der Waals surface area (Å²) in [5.74, 6) is -0.0159. The number of benzene rings is 1. The van der Waals surface area contributed by atoms with Crippen LogP contribution in [0.5, 0.6) is 0 Å². The third-order valence-electron chi connectivity index (χ3n) is 3.58. The Hall–Kier alpha value is -1.95. The van der Waals surface area contributed by atoms with Gasteiger partial charge in [-0.2, -0.15) is 0 Å². The van der Waals surface area contributed by atoms with E-state index in [2.05, 4.69) is 5.32 Å². The van der Waals surface area contributed by atoms with Gasteiger partial charge in [0.05, 0.1) is 10.5 Å². The molecular formula is C13H17N3O3. The van der Waals surface area contributed by atoms with Crippen LogP contribution in [-0.4, -0.2) is 16.4 Å². The molecule has 1 aromatic rings. The monoisotopic (exact) mass is 263 g/mol. The number of nitro benzene ring substituents is 1. The van der Waals surface area contributed by atoms with E-state index in [9.17, 15) is 14.9 Å². The van der Waals surface area contributed by atoms with Crippen molar-refractivity contribution in [2.24, 2.45) is 11.7 Å². The number of amides is 1. The molecule has 1 amide bonds. The molecule has 0 aromatic heterocycles. The molecule has 19 heavy (non-hydrogen) atoms. The summed E-state index contributed by atoms with van der Waals surface area (Å²) < 4.78 is 0. The second-order valence-corrected chi connectivity index (χ2v) is 5.27. The average molecular weight is 263 g/mol. The summed E-state index contributed by atoms with van der Waals surface area (Å²) in [6.07, 6.45) is 1.94. The molecule has 0 radical (unpaired) electrons. The van der Waals surface area contributed by atoms with Crippen molar-refractivity contribution in [1.29, 1.82) is 0 Å². The van der Waals surface area contributed by atoms with E-state index in [1.807, 2.05) is 0 Å². The van der Waals surface area contributed by atoms with Crippen molar-refractivity contribution in [1.82, 2.24) is 0 Å². The third kappa shape index (κ3) is 2.73. The van der Waals surface area contributed by atoms with Crippen molar-refractivity contribution in [3.8, 4) is 0 Å². The smallest absolute Gasteiger partial charge is 0.269 e. The number of carbonyl (C=O) groups excluding carboxylic acids is 1. The van der Waals surface area contributed by atoms with Gasteiger partial charge in [-0.1, -0.05) is 0 Å². The van der Waals surface area contributed by atoms with Gasteiger partial charge >= 0.3 is 0 Å². The van der Waals surface area contributed by atoms with Crippen LogP contribution in [0, 0.1) is 23.0 Å². The number of nitrogens with one attached hydrogen (secondary N) is 1. The zero-order valence-electron chi connectivity index (χ0n) is 11.0. The standard InChI is InChI=1S/C13H17N3O3/c1-8-7-10(16(18)19)5-6-11(8)15-12(17)13(2,14)9-3-4-9/h5-7,9H,3-4,14H2,1-2H3,(H,15,17). The third-order valence-corrected chi connectivity index (χ3v) is 3.58. The Kier molecular flexibility index (Phi) is 3.28. The summed E-state index contributed by atoms with van der Waals surface area (Å²) >= 11 is 0. The molecule has 6 heteroatoms. The van der Waals surface area contributed by atoms with Gasteiger partial charge in [0.1, 0.15) is 0 Å². The number of nitro groups is 1. The van der Waals surface area contributed by atoms with Crippen molar-refractivity contribution < 1.29 is 9.72 Å². The van der Waals surface area contributed by atoms with Gasteiger partial charge in [-0.05, 0) is 44.2 Å². The highest BCUT2D eigenvalue weighted by molar-refractivity contribution is 5.98. The molecule has 6 nitrogen and oxygen atoms in total. The summed E-state index contributed by atoms with van der Waals surface area (Å²) in [7, 11) is 0. The van der Waals surface area contributed by atoms with Crippen LogP contribution in [0.1, 0.15) is 25.3 Å². The van der Waals surface area contributed by atoms with E-state index < -0.39 is 10.5 Å². The first kappa shape index (κ1) is 13.5. The molecule has 1 unspecified atom stereocenters. The lowest BCUT2D eigenvalue weighted by Gasteiger charge is -2.23. The molecule has 1 aliphatic carbocycles. The van der Waals surface area contributed by atoms with Crippen LogP contribution >= 0.6 is 0 Å². The van der Waals surface area contributed by atoms with Crippen molar-refractivity contribution in [3.63, 3.8) is 0 Å². The number of hydrogen-bond acceptors (Lipinski definition) is 4. The summed E-state index contributed by atoms with van der Waals surface area (Å²) in [5, 5.41) is 13.4. The molecule has 102 valence electrons. The largest absolute Gasteiger partial charge is 0.324 e. The SMILES string of the molecule is Cc1cc([N+](=O)[O-])ccc1NC(=O)C(C)(N)C1CC1. The van der Waals surface area contributed by atoms with Gasteiger partial charge in [-0.15, -0.1) is 0 Å². The maximum atomic E-state index is 12.1. The predicted octanol–water partition coefficient (Wildman–Crippen LogP) is 1.97. The Bertz CT molecular complexity index is 536. The van der Waals surface area contributed by atoms with E-state index in [-0.39, 0.29) is 17.5 Å². The first-order valence-corrected chi connectivity index (χ1v) is 6.17. The molecule has 1 fully saturated rings. The minimum absolute atomic E-state index is 0.00759. The van der Waals surface area contributed by atoms with Crippen LogP contribution < -0.4 is 11.1 Å². The van der Waals surface area contributed by atoms with Crippen LogP contribution in [0.2, 0.25) is 0 Å². The second kappa shape index (κ2) is 4.62. The maximum absolute atomic E-state index is 12.1. The zero-order valence-corrected chi connectivity index (χ0v) is 11.0. The van der Waals surface area contributed by atoms with Gasteiger partial charge in [-0.3, -0.25) is 14.9 Å². The van der Waals surface area contributed by atoms with E-state index >= 15 is 0 Å². The van der Waals surface area contributed by atoms with E-state index in [0.29, 0.717) is 11.3 Å². The van der Waals surface area contributed by atoms with Crippen LogP contribution in [0.25, 0.3) is 0 Å². The number of nitrogens with zero attached hydrogens (tertiary/aromatic N) is 1. The van der Waals surface area contributed by atoms with Gasteiger partial charge in [0.25, 0.3) is 5.69 Å². The predicted molar refractivity (Wildman–Crippen MR) is 71.8 cm³/mol. The van der Waals surface area contributed by atoms with E-state index in [1.54, 1.807) is 13.8 Å². The number of non-ortho nitro benzene ring substituents is 1. The van der Waals surface area contributed by atoms with Crippen LogP contribution in [0.3, 0.4) is 0 Å². The number of hydrogen-bond donors (Lipinski definition) is 2. The van der Waals surface area contributed by atoms with E-state index in [1.165, 1.54) is 18.2 Å². The van der Waals surface area contributed by atoms with Crippen LogP contribution in [-0.2, 0) is 4.79 Å². The summed E-state index contributed by atoms with van der Waals surface area (Å²) in [4.78, 5) is 22.3. The Morgan fingerprint density at radius 3 is 2.63 bits per heavy atom. The fraction of sp³-hybridized carbons (Fsp3) is 0.462. The molecule has 0 spiro atoms. The van der Waals surface area contributed by atoms with Gasteiger partial charge in [0.2, 0.25) is 5.91 Å². The summed E-state index contributed by atoms with van der Waals surface area (Å²) in [5.41, 5.74) is 6.36. The fourth-order valence-electron chi connectivity index (χ4n) is 2.03. The molecule has 1 aliphatic rings. The van der Waals surface area contributed by atoms with Gasteiger partial charge < -0.3 is 11.1 Å². The van der Waals surface area contributed by atoms with Crippen molar-refractivity contribution in [3.05, 3.63) is 33.9 Å². The van der Waals surface area contributed by atoms with Gasteiger partial charge in [-0.25, -0.2) is 0 Å². The minimum Gasteiger partial charge on any atom is -0.324 e. The average Bonchev–Trinajstić information content (AvgIpc) is 3.15. The van der Waals surface area contributed by atoms with Crippen LogP contribution in [0.4, 0.5) is 11.4 Å². The molecule has 0 bridgehead atoms. The highest BCUT2D eigenvalue weighted by Gasteiger charge is 2.44. The topological polar surface area (TPSA) is 98.3 Å². The highest BCUT2D eigenvalue weighted by Crippen LogP contribution is 2.38. The maximum Gasteiger partial charge on any atom is 0.269 e. The Morgan fingerprint density at radius 1 is 1.53 bits per heavy atom. The van der Waals surface area contributed by atoms with Gasteiger partial charge in [0, 0.05) is 17.8 Å². The minimum atomic E-state index is -0.881. The molecular weight excluding hydrogens is 246 g/mol. The quantitative estimate of drug-likeness (QED) is 0.640. The molecule has 0 heterocycles. The van der Waals surface area contributed by atoms with Crippen molar-refractivity contribution in [2.45, 2.75) is 32.2 Å². The summed E-state index contributed by atoms with van der Waals surface area (Å²) in [6, 6.07) is 4.34. The lowest BCUT2D eigenvalue weighted by Crippen LogP contribution is -2.50.